The van der Waals surface area contributed by atoms with Crippen LogP contribution in [-0.2, 0) is 0 Å². The van der Waals surface area contributed by atoms with E-state index in [0.29, 0.717) is 12.0 Å². The summed E-state index contributed by atoms with van der Waals surface area (Å²) in [7, 11) is 0. The second-order valence-corrected chi connectivity index (χ2v) is 6.04. The molecule has 0 bridgehead atoms. The molecule has 1 atom stereocenters. The molecule has 0 aliphatic carbocycles. The molecule has 1 N–H and O–H groups in total. The fourth-order valence-corrected chi connectivity index (χ4v) is 2.66. The quantitative estimate of drug-likeness (QED) is 0.733. The van der Waals surface area contributed by atoms with Crippen molar-refractivity contribution < 1.29 is 0 Å². The van der Waals surface area contributed by atoms with Gasteiger partial charge in [-0.25, -0.2) is 0 Å². The summed E-state index contributed by atoms with van der Waals surface area (Å²) < 4.78 is 0. The molecule has 0 radical (unpaired) electrons. The lowest BCUT2D eigenvalue weighted by Gasteiger charge is -2.18. The Labute approximate surface area is 129 Å². The van der Waals surface area contributed by atoms with Gasteiger partial charge in [0.1, 0.15) is 0 Å². The van der Waals surface area contributed by atoms with Crippen LogP contribution in [0.4, 0.5) is 0 Å². The van der Waals surface area contributed by atoms with Crippen molar-refractivity contribution in [3.05, 3.63) is 59.7 Å². The SMILES string of the molecule is CCCNC(C)c1ccccc1-c1ccc(C(C)C)cc1. The lowest BCUT2D eigenvalue weighted by atomic mass is 9.93. The maximum Gasteiger partial charge on any atom is 0.0297 e. The van der Waals surface area contributed by atoms with Crippen molar-refractivity contribution >= 4 is 0 Å². The number of hydrogen-bond donors (Lipinski definition) is 1. The third-order valence-corrected chi connectivity index (χ3v) is 4.02. The zero-order chi connectivity index (χ0) is 15.2. The highest BCUT2D eigenvalue weighted by Crippen LogP contribution is 2.29. The smallest absolute Gasteiger partial charge is 0.0297 e. The zero-order valence-corrected chi connectivity index (χ0v) is 13.7. The molecular formula is C20H27N. The van der Waals surface area contributed by atoms with Gasteiger partial charge >= 0.3 is 0 Å². The Kier molecular flexibility index (Phi) is 5.58. The topological polar surface area (TPSA) is 12.0 Å². The van der Waals surface area contributed by atoms with Gasteiger partial charge < -0.3 is 5.32 Å². The molecule has 0 fully saturated rings. The highest BCUT2D eigenvalue weighted by molar-refractivity contribution is 5.68. The van der Waals surface area contributed by atoms with Crippen molar-refractivity contribution in [1.29, 1.82) is 0 Å². The van der Waals surface area contributed by atoms with Crippen LogP contribution in [0.15, 0.2) is 48.5 Å². The van der Waals surface area contributed by atoms with Crippen molar-refractivity contribution in [2.75, 3.05) is 6.54 Å². The second-order valence-electron chi connectivity index (χ2n) is 6.04. The van der Waals surface area contributed by atoms with E-state index in [1.807, 2.05) is 0 Å². The molecule has 0 heterocycles. The lowest BCUT2D eigenvalue weighted by Crippen LogP contribution is -2.19. The maximum absolute atomic E-state index is 3.59. The Morgan fingerprint density at radius 3 is 2.19 bits per heavy atom. The van der Waals surface area contributed by atoms with Crippen LogP contribution in [0, 0.1) is 0 Å². The van der Waals surface area contributed by atoms with Crippen LogP contribution in [0.1, 0.15) is 57.2 Å². The fourth-order valence-electron chi connectivity index (χ4n) is 2.66. The van der Waals surface area contributed by atoms with Crippen LogP contribution >= 0.6 is 0 Å². The van der Waals surface area contributed by atoms with E-state index in [1.165, 1.54) is 22.3 Å². The van der Waals surface area contributed by atoms with Gasteiger partial charge in [-0.1, -0.05) is 69.3 Å². The van der Waals surface area contributed by atoms with Gasteiger partial charge in [0.05, 0.1) is 0 Å². The molecule has 0 amide bonds. The molecule has 0 aromatic heterocycles. The van der Waals surface area contributed by atoms with E-state index in [9.17, 15) is 0 Å². The predicted octanol–water partition coefficient (Wildman–Crippen LogP) is 5.54. The van der Waals surface area contributed by atoms with Gasteiger partial charge in [0, 0.05) is 6.04 Å². The summed E-state index contributed by atoms with van der Waals surface area (Å²) in [4.78, 5) is 0. The molecule has 112 valence electrons. The molecule has 0 spiro atoms. The van der Waals surface area contributed by atoms with Gasteiger partial charge in [0.2, 0.25) is 0 Å². The van der Waals surface area contributed by atoms with Crippen LogP contribution in [0.25, 0.3) is 11.1 Å². The van der Waals surface area contributed by atoms with Crippen LogP contribution < -0.4 is 5.32 Å². The first kappa shape index (κ1) is 15.8. The summed E-state index contributed by atoms with van der Waals surface area (Å²) in [6, 6.07) is 18.1. The average Bonchev–Trinajstić information content (AvgIpc) is 2.52. The van der Waals surface area contributed by atoms with E-state index in [1.54, 1.807) is 0 Å². The van der Waals surface area contributed by atoms with Crippen molar-refractivity contribution in [2.24, 2.45) is 0 Å². The number of hydrogen-bond acceptors (Lipinski definition) is 1. The van der Waals surface area contributed by atoms with E-state index in [-0.39, 0.29) is 0 Å². The van der Waals surface area contributed by atoms with Crippen LogP contribution in [0.5, 0.6) is 0 Å². The minimum absolute atomic E-state index is 0.380. The molecule has 1 heteroatoms. The highest BCUT2D eigenvalue weighted by atomic mass is 14.9. The standard InChI is InChI=1S/C20H27N/c1-5-14-21-16(4)19-8-6-7-9-20(19)18-12-10-17(11-13-18)15(2)3/h6-13,15-16,21H,5,14H2,1-4H3. The number of benzene rings is 2. The predicted molar refractivity (Wildman–Crippen MR) is 92.7 cm³/mol. The number of rotatable bonds is 6. The highest BCUT2D eigenvalue weighted by Gasteiger charge is 2.11. The summed E-state index contributed by atoms with van der Waals surface area (Å²) in [5, 5.41) is 3.59. The van der Waals surface area contributed by atoms with E-state index < -0.39 is 0 Å². The third-order valence-electron chi connectivity index (χ3n) is 4.02. The van der Waals surface area contributed by atoms with Crippen LogP contribution in [0.2, 0.25) is 0 Å². The van der Waals surface area contributed by atoms with E-state index in [4.69, 9.17) is 0 Å². The average molecular weight is 281 g/mol. The minimum atomic E-state index is 0.380. The molecule has 2 aromatic carbocycles. The number of nitrogens with one attached hydrogen (secondary N) is 1. The van der Waals surface area contributed by atoms with Gasteiger partial charge in [0.25, 0.3) is 0 Å². The Balaban J connectivity index is 2.30. The van der Waals surface area contributed by atoms with E-state index >= 15 is 0 Å². The molecule has 2 aromatic rings. The van der Waals surface area contributed by atoms with E-state index in [2.05, 4.69) is 81.5 Å². The Bertz CT molecular complexity index is 554. The van der Waals surface area contributed by atoms with Gasteiger partial charge in [-0.05, 0) is 48.1 Å². The van der Waals surface area contributed by atoms with Crippen LogP contribution in [0.3, 0.4) is 0 Å². The van der Waals surface area contributed by atoms with E-state index in [0.717, 1.165) is 13.0 Å². The molecule has 0 aliphatic heterocycles. The van der Waals surface area contributed by atoms with Gasteiger partial charge in [0.15, 0.2) is 0 Å². The van der Waals surface area contributed by atoms with Crippen molar-refractivity contribution in [3.63, 3.8) is 0 Å². The molecule has 21 heavy (non-hydrogen) atoms. The molecule has 0 aliphatic rings. The Hall–Kier alpha value is -1.60. The first-order chi connectivity index (χ1) is 10.1. The summed E-state index contributed by atoms with van der Waals surface area (Å²) in [5.74, 6) is 0.583. The normalized spacial score (nSPS) is 12.6. The summed E-state index contributed by atoms with van der Waals surface area (Å²) in [6.07, 6.45) is 1.16. The summed E-state index contributed by atoms with van der Waals surface area (Å²) in [6.45, 7) is 9.98. The first-order valence-electron chi connectivity index (χ1n) is 8.06. The summed E-state index contributed by atoms with van der Waals surface area (Å²) in [5.41, 5.74) is 5.42. The second kappa shape index (κ2) is 7.42. The molecule has 2 rings (SSSR count). The lowest BCUT2D eigenvalue weighted by molar-refractivity contribution is 0.572. The molecule has 0 saturated carbocycles. The third kappa shape index (κ3) is 3.95. The minimum Gasteiger partial charge on any atom is -0.310 e. The van der Waals surface area contributed by atoms with Gasteiger partial charge in [-0.3, -0.25) is 0 Å². The van der Waals surface area contributed by atoms with Crippen molar-refractivity contribution in [1.82, 2.24) is 5.32 Å². The van der Waals surface area contributed by atoms with Gasteiger partial charge in [-0.15, -0.1) is 0 Å². The Morgan fingerprint density at radius 1 is 0.905 bits per heavy atom. The van der Waals surface area contributed by atoms with Crippen molar-refractivity contribution in [3.8, 4) is 11.1 Å². The first-order valence-corrected chi connectivity index (χ1v) is 8.06. The fraction of sp³-hybridized carbons (Fsp3) is 0.400. The zero-order valence-electron chi connectivity index (χ0n) is 13.7. The van der Waals surface area contributed by atoms with Crippen LogP contribution in [-0.4, -0.2) is 6.54 Å². The molecular weight excluding hydrogens is 254 g/mol. The Morgan fingerprint density at radius 2 is 1.57 bits per heavy atom. The summed E-state index contributed by atoms with van der Waals surface area (Å²) >= 11 is 0. The molecule has 0 saturated heterocycles. The monoisotopic (exact) mass is 281 g/mol. The van der Waals surface area contributed by atoms with Gasteiger partial charge in [-0.2, -0.15) is 0 Å². The molecule has 1 nitrogen and oxygen atoms in total. The van der Waals surface area contributed by atoms with Crippen molar-refractivity contribution in [2.45, 2.75) is 46.1 Å². The molecule has 1 unspecified atom stereocenters. The maximum atomic E-state index is 3.59. The largest absolute Gasteiger partial charge is 0.310 e.